The van der Waals surface area contributed by atoms with Crippen molar-refractivity contribution in [2.45, 2.75) is 12.8 Å². The lowest BCUT2D eigenvalue weighted by Crippen LogP contribution is -2.07. The third-order valence-corrected chi connectivity index (χ3v) is 3.47. The number of fused-ring (bicyclic) bond motifs is 2. The number of hydrogen-bond acceptors (Lipinski definition) is 3. The van der Waals surface area contributed by atoms with E-state index in [0.717, 1.165) is 17.0 Å². The summed E-state index contributed by atoms with van der Waals surface area (Å²) in [7, 11) is 0. The van der Waals surface area contributed by atoms with Crippen molar-refractivity contribution in [3.05, 3.63) is 60.6 Å². The molecule has 3 heteroatoms. The standard InChI is InChI=1S/C8H6N2.C8H11N/c1-2-4-8-7(3-1)9-5-6-10-8;1-2-4-8-7(3-1)5-6-9-8/h1-6H;1-2,4,7,9H,3,5-6H2. The second kappa shape index (κ2) is 5.65. The minimum atomic E-state index is 0.829. The van der Waals surface area contributed by atoms with E-state index in [1.54, 1.807) is 12.4 Å². The van der Waals surface area contributed by atoms with Gasteiger partial charge in [0.05, 0.1) is 11.0 Å². The third-order valence-electron chi connectivity index (χ3n) is 3.47. The van der Waals surface area contributed by atoms with Crippen molar-refractivity contribution >= 4 is 11.0 Å². The van der Waals surface area contributed by atoms with Gasteiger partial charge in [-0.2, -0.15) is 0 Å². The van der Waals surface area contributed by atoms with Crippen molar-refractivity contribution in [2.24, 2.45) is 5.92 Å². The number of benzene rings is 1. The van der Waals surface area contributed by atoms with Crippen LogP contribution in [-0.2, 0) is 0 Å². The maximum absolute atomic E-state index is 4.12. The zero-order chi connectivity index (χ0) is 12.9. The van der Waals surface area contributed by atoms with Gasteiger partial charge in [-0.15, -0.1) is 0 Å². The molecule has 0 saturated carbocycles. The minimum Gasteiger partial charge on any atom is -0.388 e. The Morgan fingerprint density at radius 2 is 1.79 bits per heavy atom. The lowest BCUT2D eigenvalue weighted by atomic mass is 9.97. The van der Waals surface area contributed by atoms with E-state index in [1.165, 1.54) is 25.1 Å². The summed E-state index contributed by atoms with van der Waals surface area (Å²) < 4.78 is 0. The van der Waals surface area contributed by atoms with E-state index >= 15 is 0 Å². The molecule has 1 fully saturated rings. The second-order valence-corrected chi connectivity index (χ2v) is 4.74. The molecule has 1 aliphatic heterocycles. The van der Waals surface area contributed by atoms with Gasteiger partial charge < -0.3 is 5.32 Å². The number of allylic oxidation sites excluding steroid dienone is 4. The molecule has 0 amide bonds. The van der Waals surface area contributed by atoms with Crippen LogP contribution in [0.25, 0.3) is 11.0 Å². The van der Waals surface area contributed by atoms with Gasteiger partial charge in [-0.05, 0) is 31.1 Å². The van der Waals surface area contributed by atoms with Gasteiger partial charge in [0, 0.05) is 30.6 Å². The minimum absolute atomic E-state index is 0.829. The molecular formula is C16H17N3. The number of nitrogens with one attached hydrogen (secondary N) is 1. The summed E-state index contributed by atoms with van der Waals surface area (Å²) in [6.45, 7) is 1.18. The van der Waals surface area contributed by atoms with E-state index in [9.17, 15) is 0 Å². The number of para-hydroxylation sites is 2. The quantitative estimate of drug-likeness (QED) is 0.782. The van der Waals surface area contributed by atoms with Crippen molar-refractivity contribution in [1.29, 1.82) is 0 Å². The van der Waals surface area contributed by atoms with E-state index in [1.807, 2.05) is 24.3 Å². The fraction of sp³-hybridized carbons (Fsp3) is 0.250. The fourth-order valence-corrected chi connectivity index (χ4v) is 2.45. The van der Waals surface area contributed by atoms with Gasteiger partial charge in [-0.25, -0.2) is 0 Å². The van der Waals surface area contributed by atoms with Crippen molar-refractivity contribution < 1.29 is 0 Å². The first-order valence-electron chi connectivity index (χ1n) is 6.70. The first-order valence-corrected chi connectivity index (χ1v) is 6.70. The molecule has 4 rings (SSSR count). The van der Waals surface area contributed by atoms with Crippen LogP contribution in [0.5, 0.6) is 0 Å². The van der Waals surface area contributed by atoms with Crippen LogP contribution in [0.2, 0.25) is 0 Å². The van der Waals surface area contributed by atoms with Crippen LogP contribution in [0.3, 0.4) is 0 Å². The number of nitrogens with zero attached hydrogens (tertiary/aromatic N) is 2. The van der Waals surface area contributed by atoms with E-state index in [2.05, 4.69) is 33.5 Å². The molecule has 1 unspecified atom stereocenters. The zero-order valence-corrected chi connectivity index (χ0v) is 10.8. The maximum atomic E-state index is 4.12. The number of rotatable bonds is 0. The zero-order valence-electron chi connectivity index (χ0n) is 10.8. The lowest BCUT2D eigenvalue weighted by molar-refractivity contribution is 0.646. The van der Waals surface area contributed by atoms with Crippen LogP contribution in [0.4, 0.5) is 0 Å². The Morgan fingerprint density at radius 3 is 2.47 bits per heavy atom. The molecule has 1 aromatic carbocycles. The van der Waals surface area contributed by atoms with Crippen molar-refractivity contribution in [3.8, 4) is 0 Å². The van der Waals surface area contributed by atoms with Gasteiger partial charge in [-0.1, -0.05) is 24.3 Å². The summed E-state index contributed by atoms with van der Waals surface area (Å²) in [6.07, 6.45) is 12.6. The van der Waals surface area contributed by atoms with E-state index in [0.29, 0.717) is 0 Å². The monoisotopic (exact) mass is 251 g/mol. The Bertz CT molecular complexity index is 551. The molecule has 1 atom stereocenters. The summed E-state index contributed by atoms with van der Waals surface area (Å²) in [5, 5.41) is 3.37. The Balaban J connectivity index is 0.000000117. The Hall–Kier alpha value is -2.16. The van der Waals surface area contributed by atoms with E-state index in [4.69, 9.17) is 0 Å². The van der Waals surface area contributed by atoms with Crippen LogP contribution in [0.15, 0.2) is 60.6 Å². The molecule has 19 heavy (non-hydrogen) atoms. The highest BCUT2D eigenvalue weighted by molar-refractivity contribution is 5.72. The Morgan fingerprint density at radius 1 is 1.05 bits per heavy atom. The van der Waals surface area contributed by atoms with Crippen LogP contribution in [0, 0.1) is 5.92 Å². The van der Waals surface area contributed by atoms with Gasteiger partial charge >= 0.3 is 0 Å². The summed E-state index contributed by atoms with van der Waals surface area (Å²) >= 11 is 0. The van der Waals surface area contributed by atoms with Gasteiger partial charge in [0.25, 0.3) is 0 Å². The summed E-state index contributed by atoms with van der Waals surface area (Å²) in [4.78, 5) is 8.24. The molecule has 0 radical (unpaired) electrons. The molecule has 96 valence electrons. The molecule has 1 aliphatic carbocycles. The average molecular weight is 251 g/mol. The first kappa shape index (κ1) is 11.9. The predicted octanol–water partition coefficient (Wildman–Crippen LogP) is 3.07. The molecule has 0 bridgehead atoms. The summed E-state index contributed by atoms with van der Waals surface area (Å²) in [5.74, 6) is 0.829. The fourth-order valence-electron chi connectivity index (χ4n) is 2.45. The third kappa shape index (κ3) is 2.81. The maximum Gasteiger partial charge on any atom is 0.0886 e. The summed E-state index contributed by atoms with van der Waals surface area (Å²) in [6, 6.07) is 7.80. The summed E-state index contributed by atoms with van der Waals surface area (Å²) in [5.41, 5.74) is 3.35. The van der Waals surface area contributed by atoms with Crippen LogP contribution in [0.1, 0.15) is 12.8 Å². The average Bonchev–Trinajstić information content (AvgIpc) is 2.96. The lowest BCUT2D eigenvalue weighted by Gasteiger charge is -2.10. The number of hydrogen-bond donors (Lipinski definition) is 1. The van der Waals surface area contributed by atoms with Gasteiger partial charge in [0.15, 0.2) is 0 Å². The smallest absolute Gasteiger partial charge is 0.0886 e. The molecule has 1 N–H and O–H groups in total. The molecule has 3 nitrogen and oxygen atoms in total. The highest BCUT2D eigenvalue weighted by Crippen LogP contribution is 2.25. The predicted molar refractivity (Wildman–Crippen MR) is 77.5 cm³/mol. The highest BCUT2D eigenvalue weighted by atomic mass is 14.9. The molecule has 1 saturated heterocycles. The second-order valence-electron chi connectivity index (χ2n) is 4.74. The van der Waals surface area contributed by atoms with Gasteiger partial charge in [-0.3, -0.25) is 9.97 Å². The molecule has 1 aromatic heterocycles. The molecular weight excluding hydrogens is 234 g/mol. The van der Waals surface area contributed by atoms with Crippen LogP contribution < -0.4 is 5.32 Å². The SMILES string of the molecule is C1=CCC2CCNC2=C1.c1ccc2nccnc2c1. The van der Waals surface area contributed by atoms with E-state index in [-0.39, 0.29) is 0 Å². The molecule has 2 aliphatic rings. The molecule has 2 heterocycles. The van der Waals surface area contributed by atoms with Crippen molar-refractivity contribution in [1.82, 2.24) is 15.3 Å². The largest absolute Gasteiger partial charge is 0.388 e. The van der Waals surface area contributed by atoms with Gasteiger partial charge in [0.2, 0.25) is 0 Å². The normalized spacial score (nSPS) is 20.0. The van der Waals surface area contributed by atoms with Gasteiger partial charge in [0.1, 0.15) is 0 Å². The topological polar surface area (TPSA) is 37.8 Å². The van der Waals surface area contributed by atoms with E-state index < -0.39 is 0 Å². The Labute approximate surface area is 113 Å². The highest BCUT2D eigenvalue weighted by Gasteiger charge is 2.19. The molecule has 2 aromatic rings. The van der Waals surface area contributed by atoms with Crippen LogP contribution in [-0.4, -0.2) is 16.5 Å². The van der Waals surface area contributed by atoms with Crippen molar-refractivity contribution in [2.75, 3.05) is 6.54 Å². The van der Waals surface area contributed by atoms with Crippen molar-refractivity contribution in [3.63, 3.8) is 0 Å². The first-order chi connectivity index (χ1) is 9.43. The number of aromatic nitrogens is 2. The Kier molecular flexibility index (Phi) is 3.54. The molecule has 0 spiro atoms. The van der Waals surface area contributed by atoms with Crippen LogP contribution >= 0.6 is 0 Å².